The van der Waals surface area contributed by atoms with Crippen molar-refractivity contribution in [3.63, 3.8) is 0 Å². The van der Waals surface area contributed by atoms with Crippen LogP contribution in [-0.2, 0) is 14.3 Å². The Morgan fingerprint density at radius 2 is 1.83 bits per heavy atom. The number of nitrogens with zero attached hydrogens (tertiary/aromatic N) is 1. The summed E-state index contributed by atoms with van der Waals surface area (Å²) >= 11 is 0. The summed E-state index contributed by atoms with van der Waals surface area (Å²) in [6, 6.07) is 0. The molecule has 0 spiro atoms. The summed E-state index contributed by atoms with van der Waals surface area (Å²) in [5.74, 6) is 0.633. The largest absolute Gasteiger partial charge is 0.378 e. The van der Waals surface area contributed by atoms with E-state index in [1.807, 2.05) is 25.7 Å². The number of rotatable bonds is 6. The van der Waals surface area contributed by atoms with Crippen LogP contribution in [0.5, 0.6) is 0 Å². The minimum absolute atomic E-state index is 0. The second-order valence-corrected chi connectivity index (χ2v) is 8.06. The van der Waals surface area contributed by atoms with Crippen LogP contribution in [0.25, 0.3) is 0 Å². The molecule has 1 saturated heterocycles. The Bertz CT molecular complexity index is 422. The molecule has 0 bridgehead atoms. The van der Waals surface area contributed by atoms with Crippen molar-refractivity contribution in [2.75, 3.05) is 26.3 Å². The molecule has 0 aromatic carbocycles. The van der Waals surface area contributed by atoms with E-state index in [1.165, 1.54) is 0 Å². The number of piperidine rings is 1. The zero-order chi connectivity index (χ0) is 17.3. The van der Waals surface area contributed by atoms with Crippen LogP contribution in [0, 0.1) is 11.3 Å². The fourth-order valence-electron chi connectivity index (χ4n) is 3.63. The van der Waals surface area contributed by atoms with Gasteiger partial charge in [0, 0.05) is 38.1 Å². The van der Waals surface area contributed by atoms with Crippen LogP contribution in [0.2, 0.25) is 0 Å². The lowest BCUT2D eigenvalue weighted by atomic mass is 9.54. The molecule has 142 valence electrons. The molecule has 0 aromatic rings. The van der Waals surface area contributed by atoms with E-state index < -0.39 is 5.54 Å². The Morgan fingerprint density at radius 3 is 2.29 bits per heavy atom. The highest BCUT2D eigenvalue weighted by molar-refractivity contribution is 5.89. The Kier molecular flexibility index (Phi) is 7.54. The molecule has 2 N–H and O–H groups in total. The maximum absolute atomic E-state index is 12.9. The first-order valence-corrected chi connectivity index (χ1v) is 9.03. The van der Waals surface area contributed by atoms with Crippen molar-refractivity contribution in [2.24, 2.45) is 17.1 Å². The van der Waals surface area contributed by atoms with Gasteiger partial charge in [0.1, 0.15) is 5.54 Å². The fourth-order valence-corrected chi connectivity index (χ4v) is 3.63. The third-order valence-electron chi connectivity index (χ3n) is 5.61. The van der Waals surface area contributed by atoms with E-state index in [2.05, 4.69) is 13.8 Å². The van der Waals surface area contributed by atoms with Crippen molar-refractivity contribution >= 4 is 18.3 Å². The number of likely N-dealkylation sites (tertiary alicyclic amines) is 1. The van der Waals surface area contributed by atoms with E-state index in [4.69, 9.17) is 15.2 Å². The lowest BCUT2D eigenvalue weighted by Crippen LogP contribution is -2.76. The molecule has 1 heterocycles. The van der Waals surface area contributed by atoms with Gasteiger partial charge in [-0.1, -0.05) is 27.7 Å². The van der Waals surface area contributed by atoms with Crippen LogP contribution >= 0.6 is 12.4 Å². The monoisotopic (exact) mass is 362 g/mol. The third kappa shape index (κ3) is 4.06. The molecule has 1 saturated carbocycles. The number of ether oxygens (including phenoxy) is 2. The summed E-state index contributed by atoms with van der Waals surface area (Å²) in [6.45, 7) is 13.3. The van der Waals surface area contributed by atoms with Crippen molar-refractivity contribution in [1.29, 1.82) is 0 Å². The maximum Gasteiger partial charge on any atom is 0.243 e. The van der Waals surface area contributed by atoms with Crippen molar-refractivity contribution in [1.82, 2.24) is 4.90 Å². The number of hydrogen-bond acceptors (Lipinski definition) is 4. The molecule has 5 nitrogen and oxygen atoms in total. The predicted molar refractivity (Wildman–Crippen MR) is 98.4 cm³/mol. The number of hydrogen-bond donors (Lipinski definition) is 1. The van der Waals surface area contributed by atoms with Gasteiger partial charge < -0.3 is 20.1 Å². The smallest absolute Gasteiger partial charge is 0.243 e. The van der Waals surface area contributed by atoms with Crippen LogP contribution in [0.15, 0.2) is 0 Å². The summed E-state index contributed by atoms with van der Waals surface area (Å²) < 4.78 is 11.6. The van der Waals surface area contributed by atoms with Gasteiger partial charge in [0.15, 0.2) is 0 Å². The molecule has 24 heavy (non-hydrogen) atoms. The molecule has 2 rings (SSSR count). The van der Waals surface area contributed by atoms with Gasteiger partial charge in [-0.15, -0.1) is 12.4 Å². The second kappa shape index (κ2) is 8.35. The molecule has 6 heteroatoms. The fraction of sp³-hybridized carbons (Fsp3) is 0.944. The van der Waals surface area contributed by atoms with Crippen LogP contribution < -0.4 is 5.73 Å². The van der Waals surface area contributed by atoms with Gasteiger partial charge in [0.2, 0.25) is 5.91 Å². The molecule has 2 fully saturated rings. The van der Waals surface area contributed by atoms with Crippen LogP contribution in [0.1, 0.15) is 53.9 Å². The molecule has 2 unspecified atom stereocenters. The van der Waals surface area contributed by atoms with Gasteiger partial charge in [0.05, 0.1) is 12.2 Å². The summed E-state index contributed by atoms with van der Waals surface area (Å²) in [5, 5.41) is 0. The molecular formula is C18H35ClN2O3. The molecule has 2 atom stereocenters. The van der Waals surface area contributed by atoms with Gasteiger partial charge in [-0.25, -0.2) is 0 Å². The summed E-state index contributed by atoms with van der Waals surface area (Å²) in [7, 11) is 0. The number of amides is 1. The first-order valence-electron chi connectivity index (χ1n) is 9.03. The van der Waals surface area contributed by atoms with Crippen molar-refractivity contribution in [3.8, 4) is 0 Å². The molecule has 2 aliphatic rings. The Balaban J connectivity index is 0.00000288. The molecule has 1 aliphatic carbocycles. The molecule has 0 radical (unpaired) electrons. The van der Waals surface area contributed by atoms with Crippen molar-refractivity contribution < 1.29 is 14.3 Å². The average molecular weight is 363 g/mol. The number of halogens is 1. The van der Waals surface area contributed by atoms with Crippen LogP contribution in [-0.4, -0.2) is 54.9 Å². The minimum Gasteiger partial charge on any atom is -0.378 e. The number of nitrogens with two attached hydrogens (primary N) is 1. The highest BCUT2D eigenvalue weighted by atomic mass is 35.5. The molecule has 1 aliphatic heterocycles. The topological polar surface area (TPSA) is 64.8 Å². The van der Waals surface area contributed by atoms with E-state index in [0.717, 1.165) is 32.5 Å². The van der Waals surface area contributed by atoms with Gasteiger partial charge in [0.25, 0.3) is 0 Å². The maximum atomic E-state index is 12.9. The summed E-state index contributed by atoms with van der Waals surface area (Å²) in [4.78, 5) is 14.9. The molecular weight excluding hydrogens is 328 g/mol. The summed E-state index contributed by atoms with van der Waals surface area (Å²) in [6.07, 6.45) is 2.79. The molecule has 1 amide bonds. The zero-order valence-corrected chi connectivity index (χ0v) is 16.7. The van der Waals surface area contributed by atoms with Crippen LogP contribution in [0.3, 0.4) is 0 Å². The second-order valence-electron chi connectivity index (χ2n) is 8.06. The lowest BCUT2D eigenvalue weighted by Gasteiger charge is -2.59. The third-order valence-corrected chi connectivity index (χ3v) is 5.61. The normalized spacial score (nSPS) is 30.0. The van der Waals surface area contributed by atoms with Gasteiger partial charge >= 0.3 is 0 Å². The molecule has 0 aromatic heterocycles. The highest BCUT2D eigenvalue weighted by Gasteiger charge is 2.63. The number of carbonyl (C=O) groups is 1. The predicted octanol–water partition coefficient (Wildman–Crippen LogP) is 2.60. The Labute approximate surface area is 153 Å². The Hall–Kier alpha value is -0.360. The first kappa shape index (κ1) is 21.7. The van der Waals surface area contributed by atoms with E-state index in [0.29, 0.717) is 18.9 Å². The van der Waals surface area contributed by atoms with Crippen molar-refractivity contribution in [3.05, 3.63) is 0 Å². The lowest BCUT2D eigenvalue weighted by molar-refractivity contribution is -0.181. The highest BCUT2D eigenvalue weighted by Crippen LogP contribution is 2.50. The quantitative estimate of drug-likeness (QED) is 0.788. The van der Waals surface area contributed by atoms with E-state index in [1.54, 1.807) is 0 Å². The first-order chi connectivity index (χ1) is 10.7. The minimum atomic E-state index is -0.793. The van der Waals surface area contributed by atoms with Gasteiger partial charge in [-0.2, -0.15) is 0 Å². The summed E-state index contributed by atoms with van der Waals surface area (Å²) in [5.41, 5.74) is 5.40. The number of carbonyl (C=O) groups excluding carboxylic acids is 1. The van der Waals surface area contributed by atoms with Gasteiger partial charge in [-0.05, 0) is 25.7 Å². The average Bonchev–Trinajstić information content (AvgIpc) is 2.52. The standard InChI is InChI=1S/C18H34N2O3.ClH/c1-6-22-15-11-18(19,17(15,4)5)16(21)20-9-7-14(8-10-20)23-12-13(2)3;/h13-15H,6-12,19H2,1-5H3;1H. The Morgan fingerprint density at radius 1 is 1.25 bits per heavy atom. The van der Waals surface area contributed by atoms with Gasteiger partial charge in [-0.3, -0.25) is 4.79 Å². The van der Waals surface area contributed by atoms with Crippen LogP contribution in [0.4, 0.5) is 0 Å². The van der Waals surface area contributed by atoms with E-state index in [-0.39, 0.29) is 35.9 Å². The zero-order valence-electron chi connectivity index (χ0n) is 15.8. The SMILES string of the molecule is CCOC1CC(N)(C(=O)N2CCC(OCC(C)C)CC2)C1(C)C.Cl. The van der Waals surface area contributed by atoms with Crippen molar-refractivity contribution in [2.45, 2.75) is 71.6 Å². The van der Waals surface area contributed by atoms with E-state index in [9.17, 15) is 4.79 Å². The van der Waals surface area contributed by atoms with E-state index >= 15 is 0 Å².